The molecule has 1 rings (SSSR count). The second kappa shape index (κ2) is 22.3. The summed E-state index contributed by atoms with van der Waals surface area (Å²) in [5, 5.41) is 3.39. The van der Waals surface area contributed by atoms with E-state index >= 15 is 0 Å². The fourth-order valence-electron chi connectivity index (χ4n) is 3.06. The van der Waals surface area contributed by atoms with Crippen LogP contribution >= 0.6 is 21.2 Å². The van der Waals surface area contributed by atoms with Crippen molar-refractivity contribution in [2.75, 3.05) is 46.2 Å². The summed E-state index contributed by atoms with van der Waals surface area (Å²) >= 11 is 4.36. The standard InChI is InChI=1S/C26H42NO8PS/c1-3-9-24(35-26(37)10-4-2)22-11-13-23(14-12-22)33-20-19-31-17-18-32-21-25(28)27-15-7-5-6-8-16-34-36(29)30/h9-14,29-30,37H,3-8,15-21H2,1-2H3,(H,27,28)/b24-9+,26-10+. The van der Waals surface area contributed by atoms with Gasteiger partial charge in [0, 0.05) is 12.1 Å². The van der Waals surface area contributed by atoms with Gasteiger partial charge < -0.3 is 38.6 Å². The van der Waals surface area contributed by atoms with E-state index in [0.29, 0.717) is 44.7 Å². The molecule has 11 heteroatoms. The lowest BCUT2D eigenvalue weighted by molar-refractivity contribution is -0.126. The third-order valence-corrected chi connectivity index (χ3v) is 5.51. The molecule has 1 amide bonds. The summed E-state index contributed by atoms with van der Waals surface area (Å²) in [4.78, 5) is 29.0. The average molecular weight is 560 g/mol. The fourth-order valence-corrected chi connectivity index (χ4v) is 3.63. The molecule has 0 aliphatic rings. The Balaban J connectivity index is 2.07. The van der Waals surface area contributed by atoms with Crippen molar-refractivity contribution >= 4 is 32.9 Å². The van der Waals surface area contributed by atoms with E-state index in [1.165, 1.54) is 0 Å². The zero-order valence-electron chi connectivity index (χ0n) is 21.9. The second-order valence-corrected chi connectivity index (χ2v) is 9.12. The highest BCUT2D eigenvalue weighted by Crippen LogP contribution is 2.25. The third-order valence-electron chi connectivity index (χ3n) is 4.82. The van der Waals surface area contributed by atoms with E-state index in [1.807, 2.05) is 43.3 Å². The lowest BCUT2D eigenvalue weighted by Crippen LogP contribution is -2.29. The molecule has 0 aliphatic heterocycles. The molecule has 0 bridgehead atoms. The number of hydrogen-bond donors (Lipinski definition) is 4. The Morgan fingerprint density at radius 1 is 0.919 bits per heavy atom. The number of unbranched alkanes of at least 4 members (excludes halogenated alkanes) is 3. The third kappa shape index (κ3) is 18.3. The molecule has 37 heavy (non-hydrogen) atoms. The molecule has 0 radical (unpaired) electrons. The minimum atomic E-state index is -2.26. The van der Waals surface area contributed by atoms with Crippen molar-refractivity contribution in [1.82, 2.24) is 5.32 Å². The molecule has 0 fully saturated rings. The van der Waals surface area contributed by atoms with Gasteiger partial charge in [-0.3, -0.25) is 4.79 Å². The molecule has 0 atom stereocenters. The molecule has 3 N–H and O–H groups in total. The Morgan fingerprint density at radius 2 is 1.59 bits per heavy atom. The van der Waals surface area contributed by atoms with Gasteiger partial charge in [-0.25, -0.2) is 0 Å². The summed E-state index contributed by atoms with van der Waals surface area (Å²) in [6.45, 7) is 6.53. The Morgan fingerprint density at radius 3 is 2.30 bits per heavy atom. The van der Waals surface area contributed by atoms with Crippen LogP contribution in [0.25, 0.3) is 5.76 Å². The van der Waals surface area contributed by atoms with Gasteiger partial charge in [-0.15, -0.1) is 12.6 Å². The van der Waals surface area contributed by atoms with Gasteiger partial charge in [0.25, 0.3) is 0 Å². The molecule has 0 aromatic heterocycles. The topological polar surface area (TPSA) is 116 Å². The van der Waals surface area contributed by atoms with Gasteiger partial charge in [-0.1, -0.05) is 26.7 Å². The monoisotopic (exact) mass is 559 g/mol. The van der Waals surface area contributed by atoms with Crippen molar-refractivity contribution in [1.29, 1.82) is 0 Å². The molecule has 0 aliphatic carbocycles. The maximum absolute atomic E-state index is 11.7. The first kappa shape index (κ1) is 33.4. The van der Waals surface area contributed by atoms with Crippen LogP contribution in [0.15, 0.2) is 41.5 Å². The molecule has 1 aromatic rings. The van der Waals surface area contributed by atoms with Crippen LogP contribution in [0, 0.1) is 0 Å². The van der Waals surface area contributed by atoms with Gasteiger partial charge in [0.2, 0.25) is 5.91 Å². The Labute approximate surface area is 227 Å². The number of carbonyl (C=O) groups excluding carboxylic acids is 1. The molecule has 1 aromatic carbocycles. The predicted molar refractivity (Wildman–Crippen MR) is 149 cm³/mol. The first-order valence-corrected chi connectivity index (χ1v) is 14.3. The van der Waals surface area contributed by atoms with Gasteiger partial charge in [0.1, 0.15) is 24.7 Å². The van der Waals surface area contributed by atoms with Crippen molar-refractivity contribution in [2.24, 2.45) is 0 Å². The molecule has 0 saturated carbocycles. The fraction of sp³-hybridized carbons (Fsp3) is 0.577. The number of ether oxygens (including phenoxy) is 4. The summed E-state index contributed by atoms with van der Waals surface area (Å²) in [6, 6.07) is 7.68. The Bertz CT molecular complexity index is 789. The van der Waals surface area contributed by atoms with Gasteiger partial charge in [0.15, 0.2) is 5.09 Å². The highest BCUT2D eigenvalue weighted by atomic mass is 32.1. The van der Waals surface area contributed by atoms with Crippen LogP contribution in [0.2, 0.25) is 0 Å². The summed E-state index contributed by atoms with van der Waals surface area (Å²) in [6.07, 6.45) is 9.09. The minimum absolute atomic E-state index is 0.00226. The van der Waals surface area contributed by atoms with E-state index in [9.17, 15) is 4.79 Å². The van der Waals surface area contributed by atoms with Gasteiger partial charge >= 0.3 is 8.60 Å². The Kier molecular flexibility index (Phi) is 20.2. The number of allylic oxidation sites excluding steroid dienone is 2. The van der Waals surface area contributed by atoms with Gasteiger partial charge in [0.05, 0.1) is 26.4 Å². The van der Waals surface area contributed by atoms with Gasteiger partial charge in [-0.05, 0) is 62.1 Å². The van der Waals surface area contributed by atoms with Crippen LogP contribution < -0.4 is 10.1 Å². The smallest absolute Gasteiger partial charge is 0.327 e. The number of hydrogen-bond acceptors (Lipinski definition) is 9. The SMILES string of the molecule is CC/C=C(/S)O/C(=C/CC)c1ccc(OCCOCCOCC(=O)NCCCCCCOP(O)O)cc1. The Hall–Kier alpha value is -1.65. The quantitative estimate of drug-likeness (QED) is 0.0683. The van der Waals surface area contributed by atoms with Crippen molar-refractivity contribution in [3.05, 3.63) is 47.1 Å². The molecular formula is C26H42NO8PS. The molecular weight excluding hydrogens is 517 g/mol. The number of carbonyl (C=O) groups is 1. The van der Waals surface area contributed by atoms with E-state index in [2.05, 4.69) is 29.4 Å². The van der Waals surface area contributed by atoms with E-state index in [4.69, 9.17) is 28.7 Å². The van der Waals surface area contributed by atoms with Crippen molar-refractivity contribution in [3.8, 4) is 5.75 Å². The zero-order valence-corrected chi connectivity index (χ0v) is 23.7. The van der Waals surface area contributed by atoms with E-state index in [-0.39, 0.29) is 12.5 Å². The van der Waals surface area contributed by atoms with Crippen LogP contribution in [0.4, 0.5) is 0 Å². The highest BCUT2D eigenvalue weighted by Gasteiger charge is 2.06. The average Bonchev–Trinajstić information content (AvgIpc) is 2.87. The first-order chi connectivity index (χ1) is 18.0. The number of nitrogens with one attached hydrogen (secondary N) is 1. The second-order valence-electron chi connectivity index (χ2n) is 7.92. The maximum Gasteiger partial charge on any atom is 0.327 e. The molecule has 0 heterocycles. The van der Waals surface area contributed by atoms with Crippen molar-refractivity contribution in [2.45, 2.75) is 52.4 Å². The van der Waals surface area contributed by atoms with Crippen LogP contribution in [0.1, 0.15) is 57.9 Å². The number of benzene rings is 1. The van der Waals surface area contributed by atoms with E-state index < -0.39 is 8.60 Å². The van der Waals surface area contributed by atoms with Crippen LogP contribution in [-0.2, 0) is 23.5 Å². The molecule has 0 unspecified atom stereocenters. The van der Waals surface area contributed by atoms with Crippen molar-refractivity contribution in [3.63, 3.8) is 0 Å². The maximum atomic E-state index is 11.7. The lowest BCUT2D eigenvalue weighted by atomic mass is 10.1. The normalized spacial score (nSPS) is 12.2. The summed E-state index contributed by atoms with van der Waals surface area (Å²) in [7, 11) is -2.26. The number of thiol groups is 1. The zero-order chi connectivity index (χ0) is 27.1. The molecule has 0 spiro atoms. The highest BCUT2D eigenvalue weighted by molar-refractivity contribution is 7.84. The minimum Gasteiger partial charge on any atom is -0.491 e. The first-order valence-electron chi connectivity index (χ1n) is 12.7. The molecule has 210 valence electrons. The largest absolute Gasteiger partial charge is 0.491 e. The molecule has 9 nitrogen and oxygen atoms in total. The van der Waals surface area contributed by atoms with Crippen molar-refractivity contribution < 1.29 is 38.1 Å². The predicted octanol–water partition coefficient (Wildman–Crippen LogP) is 4.95. The van der Waals surface area contributed by atoms with E-state index in [1.54, 1.807) is 0 Å². The van der Waals surface area contributed by atoms with Gasteiger partial charge in [-0.2, -0.15) is 0 Å². The summed E-state index contributed by atoms with van der Waals surface area (Å²) in [5.41, 5.74) is 0.953. The van der Waals surface area contributed by atoms with Crippen LogP contribution in [-0.4, -0.2) is 61.9 Å². The number of amides is 1. The number of rotatable bonds is 22. The van der Waals surface area contributed by atoms with E-state index in [0.717, 1.165) is 55.6 Å². The van der Waals surface area contributed by atoms with Crippen LogP contribution in [0.5, 0.6) is 5.75 Å². The lowest BCUT2D eigenvalue weighted by Gasteiger charge is -2.12. The summed E-state index contributed by atoms with van der Waals surface area (Å²) in [5.74, 6) is 1.35. The van der Waals surface area contributed by atoms with Crippen LogP contribution in [0.3, 0.4) is 0 Å². The molecule has 0 saturated heterocycles. The summed E-state index contributed by atoms with van der Waals surface area (Å²) < 4.78 is 27.1.